The molecule has 5 nitrogen and oxygen atoms in total. The number of hydrogen-bond acceptors (Lipinski definition) is 4. The number of carbonyl (C=O) groups excluding carboxylic acids is 2. The van der Waals surface area contributed by atoms with Gasteiger partial charge in [0, 0.05) is 11.1 Å². The predicted octanol–water partition coefficient (Wildman–Crippen LogP) is 2.35. The summed E-state index contributed by atoms with van der Waals surface area (Å²) in [5, 5.41) is 2.76. The van der Waals surface area contributed by atoms with E-state index in [1.165, 1.54) is 14.0 Å². The van der Waals surface area contributed by atoms with Gasteiger partial charge < -0.3 is 14.5 Å². The normalized spacial score (nSPS) is 10.2. The number of carbonyl (C=O) groups is 2. The Balaban J connectivity index is 2.04. The van der Waals surface area contributed by atoms with Crippen LogP contribution in [0.5, 0.6) is 5.75 Å². The van der Waals surface area contributed by atoms with Crippen LogP contribution in [0.1, 0.15) is 28.6 Å². The van der Waals surface area contributed by atoms with E-state index < -0.39 is 0 Å². The van der Waals surface area contributed by atoms with Crippen LogP contribution in [-0.4, -0.2) is 18.8 Å². The molecule has 2 aromatic rings. The highest BCUT2D eigenvalue weighted by Gasteiger charge is 2.11. The molecule has 21 heavy (non-hydrogen) atoms. The summed E-state index contributed by atoms with van der Waals surface area (Å²) >= 11 is 0. The van der Waals surface area contributed by atoms with Crippen LogP contribution in [0.3, 0.4) is 0 Å². The van der Waals surface area contributed by atoms with E-state index in [1.807, 2.05) is 0 Å². The van der Waals surface area contributed by atoms with E-state index in [2.05, 4.69) is 5.32 Å². The van der Waals surface area contributed by atoms with Crippen LogP contribution in [0.4, 0.5) is 0 Å². The molecule has 0 fully saturated rings. The fourth-order valence-electron chi connectivity index (χ4n) is 1.97. The monoisotopic (exact) mass is 287 g/mol. The molecule has 1 heterocycles. The molecule has 0 aliphatic rings. The van der Waals surface area contributed by atoms with Crippen molar-refractivity contribution >= 4 is 11.7 Å². The number of furan rings is 1. The molecular weight excluding hydrogens is 270 g/mol. The Hall–Kier alpha value is -2.56. The quantitative estimate of drug-likeness (QED) is 0.828. The lowest BCUT2D eigenvalue weighted by molar-refractivity contribution is -0.120. The summed E-state index contributed by atoms with van der Waals surface area (Å²) in [6.07, 6.45) is 1.70. The summed E-state index contributed by atoms with van der Waals surface area (Å²) in [6, 6.07) is 8.63. The topological polar surface area (TPSA) is 68.5 Å². The molecule has 0 saturated carbocycles. The van der Waals surface area contributed by atoms with Gasteiger partial charge in [-0.15, -0.1) is 0 Å². The number of benzene rings is 1. The average Bonchev–Trinajstić information content (AvgIpc) is 2.98. The van der Waals surface area contributed by atoms with Crippen molar-refractivity contribution in [2.24, 2.45) is 0 Å². The maximum atomic E-state index is 12.0. The molecule has 0 aliphatic heterocycles. The molecule has 0 aliphatic carbocycles. The molecule has 0 spiro atoms. The van der Waals surface area contributed by atoms with Crippen molar-refractivity contribution in [3.63, 3.8) is 0 Å². The molecule has 2 rings (SSSR count). The number of ether oxygens (including phenoxy) is 1. The highest BCUT2D eigenvalue weighted by molar-refractivity contribution is 5.94. The van der Waals surface area contributed by atoms with Crippen LogP contribution in [-0.2, 0) is 17.8 Å². The Bertz CT molecular complexity index is 632. The molecule has 110 valence electrons. The highest BCUT2D eigenvalue weighted by Crippen LogP contribution is 2.20. The number of amides is 1. The molecule has 1 N–H and O–H groups in total. The number of ketones is 1. The van der Waals surface area contributed by atoms with Gasteiger partial charge in [0.05, 0.1) is 26.3 Å². The largest absolute Gasteiger partial charge is 0.496 e. The minimum atomic E-state index is -0.162. The Morgan fingerprint density at radius 1 is 1.29 bits per heavy atom. The van der Waals surface area contributed by atoms with Gasteiger partial charge in [0.25, 0.3) is 0 Å². The van der Waals surface area contributed by atoms with Crippen molar-refractivity contribution < 1.29 is 18.7 Å². The van der Waals surface area contributed by atoms with Crippen molar-refractivity contribution in [2.75, 3.05) is 7.11 Å². The van der Waals surface area contributed by atoms with Crippen molar-refractivity contribution in [3.05, 3.63) is 53.5 Å². The minimum absolute atomic E-state index is 0.0464. The summed E-state index contributed by atoms with van der Waals surface area (Å²) in [4.78, 5) is 23.4. The fraction of sp³-hybridized carbons (Fsp3) is 0.250. The number of hydrogen-bond donors (Lipinski definition) is 1. The SMILES string of the molecule is COc1ccc(C(C)=O)cc1CC(=O)NCc1ccco1. The van der Waals surface area contributed by atoms with Gasteiger partial charge in [-0.3, -0.25) is 9.59 Å². The zero-order chi connectivity index (χ0) is 15.2. The van der Waals surface area contributed by atoms with Crippen molar-refractivity contribution in [1.29, 1.82) is 0 Å². The molecule has 0 unspecified atom stereocenters. The Kier molecular flexibility index (Phi) is 4.77. The standard InChI is InChI=1S/C16H17NO4/c1-11(18)12-5-6-15(20-2)13(8-12)9-16(19)17-10-14-4-3-7-21-14/h3-8H,9-10H2,1-2H3,(H,17,19). The van der Waals surface area contributed by atoms with E-state index in [4.69, 9.17) is 9.15 Å². The maximum Gasteiger partial charge on any atom is 0.224 e. The van der Waals surface area contributed by atoms with Crippen LogP contribution in [0, 0.1) is 0 Å². The molecule has 0 saturated heterocycles. The summed E-state index contributed by atoms with van der Waals surface area (Å²) < 4.78 is 10.4. The van der Waals surface area contributed by atoms with Gasteiger partial charge in [-0.25, -0.2) is 0 Å². The third-order valence-electron chi connectivity index (χ3n) is 3.08. The van der Waals surface area contributed by atoms with Crippen LogP contribution >= 0.6 is 0 Å². The van der Waals surface area contributed by atoms with Gasteiger partial charge in [0.15, 0.2) is 5.78 Å². The molecule has 1 aromatic carbocycles. The second kappa shape index (κ2) is 6.74. The first kappa shape index (κ1) is 14.8. The number of methoxy groups -OCH3 is 1. The molecule has 5 heteroatoms. The van der Waals surface area contributed by atoms with Gasteiger partial charge in [-0.1, -0.05) is 0 Å². The Labute approximate surface area is 122 Å². The lowest BCUT2D eigenvalue weighted by Crippen LogP contribution is -2.24. The first-order chi connectivity index (χ1) is 10.1. The average molecular weight is 287 g/mol. The highest BCUT2D eigenvalue weighted by atomic mass is 16.5. The minimum Gasteiger partial charge on any atom is -0.496 e. The molecular formula is C16H17NO4. The maximum absolute atomic E-state index is 12.0. The summed E-state index contributed by atoms with van der Waals surface area (Å²) in [5.74, 6) is 1.07. The predicted molar refractivity (Wildman–Crippen MR) is 77.3 cm³/mol. The van der Waals surface area contributed by atoms with Crippen LogP contribution in [0.15, 0.2) is 41.0 Å². The third kappa shape index (κ3) is 3.95. The smallest absolute Gasteiger partial charge is 0.224 e. The lowest BCUT2D eigenvalue weighted by atomic mass is 10.0. The second-order valence-corrected chi connectivity index (χ2v) is 4.62. The van der Waals surface area contributed by atoms with Gasteiger partial charge in [0.1, 0.15) is 11.5 Å². The van der Waals surface area contributed by atoms with Crippen molar-refractivity contribution in [2.45, 2.75) is 19.9 Å². The van der Waals surface area contributed by atoms with Crippen LogP contribution < -0.4 is 10.1 Å². The van der Waals surface area contributed by atoms with Crippen molar-refractivity contribution in [3.8, 4) is 5.75 Å². The van der Waals surface area contributed by atoms with Crippen molar-refractivity contribution in [1.82, 2.24) is 5.32 Å². The number of nitrogens with one attached hydrogen (secondary N) is 1. The first-order valence-electron chi connectivity index (χ1n) is 6.57. The number of rotatable bonds is 6. The summed E-state index contributed by atoms with van der Waals surface area (Å²) in [6.45, 7) is 1.82. The van der Waals surface area contributed by atoms with E-state index in [0.29, 0.717) is 29.2 Å². The van der Waals surface area contributed by atoms with E-state index in [-0.39, 0.29) is 18.1 Å². The van der Waals surface area contributed by atoms with E-state index in [1.54, 1.807) is 36.6 Å². The first-order valence-corrected chi connectivity index (χ1v) is 6.57. The zero-order valence-corrected chi connectivity index (χ0v) is 12.0. The van der Waals surface area contributed by atoms with Gasteiger partial charge in [-0.05, 0) is 37.3 Å². The summed E-state index contributed by atoms with van der Waals surface area (Å²) in [5.41, 5.74) is 1.24. The van der Waals surface area contributed by atoms with E-state index >= 15 is 0 Å². The fourth-order valence-corrected chi connectivity index (χ4v) is 1.97. The van der Waals surface area contributed by atoms with Crippen LogP contribution in [0.25, 0.3) is 0 Å². The van der Waals surface area contributed by atoms with Crippen LogP contribution in [0.2, 0.25) is 0 Å². The number of Topliss-reactive ketones (excluding diaryl/α,β-unsaturated/α-hetero) is 1. The summed E-state index contributed by atoms with van der Waals surface area (Å²) in [7, 11) is 1.53. The van der Waals surface area contributed by atoms with E-state index in [9.17, 15) is 9.59 Å². The van der Waals surface area contributed by atoms with Gasteiger partial charge >= 0.3 is 0 Å². The molecule has 0 atom stereocenters. The van der Waals surface area contributed by atoms with Gasteiger partial charge in [0.2, 0.25) is 5.91 Å². The zero-order valence-electron chi connectivity index (χ0n) is 12.0. The Morgan fingerprint density at radius 2 is 2.10 bits per heavy atom. The lowest BCUT2D eigenvalue weighted by Gasteiger charge is -2.10. The molecule has 1 amide bonds. The molecule has 0 radical (unpaired) electrons. The molecule has 1 aromatic heterocycles. The molecule has 0 bridgehead atoms. The third-order valence-corrected chi connectivity index (χ3v) is 3.08. The van der Waals surface area contributed by atoms with E-state index in [0.717, 1.165) is 0 Å². The second-order valence-electron chi connectivity index (χ2n) is 4.62. The Morgan fingerprint density at radius 3 is 2.71 bits per heavy atom. The van der Waals surface area contributed by atoms with Gasteiger partial charge in [-0.2, -0.15) is 0 Å².